The lowest BCUT2D eigenvalue weighted by Crippen LogP contribution is -2.48. The first-order valence-corrected chi connectivity index (χ1v) is 7.25. The van der Waals surface area contributed by atoms with Crippen molar-refractivity contribution in [3.05, 3.63) is 48.0 Å². The Morgan fingerprint density at radius 2 is 1.95 bits per heavy atom. The van der Waals surface area contributed by atoms with Crippen molar-refractivity contribution in [2.24, 2.45) is 5.73 Å². The zero-order valence-electron chi connectivity index (χ0n) is 11.8. The van der Waals surface area contributed by atoms with E-state index in [0.29, 0.717) is 13.0 Å². The molecule has 1 heterocycles. The van der Waals surface area contributed by atoms with Gasteiger partial charge >= 0.3 is 0 Å². The third-order valence-corrected chi connectivity index (χ3v) is 4.24. The van der Waals surface area contributed by atoms with Gasteiger partial charge in [0.1, 0.15) is 0 Å². The average molecular weight is 268 g/mol. The molecule has 104 valence electrons. The number of nitrogens with two attached hydrogens (primary N) is 1. The highest BCUT2D eigenvalue weighted by atomic mass is 16.2. The average Bonchev–Trinajstić information content (AvgIpc) is 2.49. The zero-order valence-corrected chi connectivity index (χ0v) is 11.8. The molecule has 1 saturated heterocycles. The van der Waals surface area contributed by atoms with Gasteiger partial charge in [0.05, 0.1) is 6.04 Å². The third-order valence-electron chi connectivity index (χ3n) is 4.24. The maximum Gasteiger partial charge on any atom is 0.223 e. The van der Waals surface area contributed by atoms with Gasteiger partial charge in [-0.2, -0.15) is 0 Å². The molecule has 0 saturated carbocycles. The van der Waals surface area contributed by atoms with Crippen molar-refractivity contribution >= 4 is 16.7 Å². The molecule has 3 heteroatoms. The van der Waals surface area contributed by atoms with E-state index in [0.717, 1.165) is 6.42 Å². The molecule has 3 nitrogen and oxygen atoms in total. The second kappa shape index (κ2) is 5.25. The van der Waals surface area contributed by atoms with E-state index in [1.807, 2.05) is 24.0 Å². The molecule has 0 spiro atoms. The summed E-state index contributed by atoms with van der Waals surface area (Å²) in [6, 6.07) is 14.6. The molecule has 0 aromatic heterocycles. The summed E-state index contributed by atoms with van der Waals surface area (Å²) in [4.78, 5) is 14.1. The lowest BCUT2D eigenvalue weighted by Gasteiger charge is -2.40. The van der Waals surface area contributed by atoms with Gasteiger partial charge in [-0.25, -0.2) is 0 Å². The summed E-state index contributed by atoms with van der Waals surface area (Å²) in [6.07, 6.45) is 1.33. The first-order valence-electron chi connectivity index (χ1n) is 7.25. The lowest BCUT2D eigenvalue weighted by molar-refractivity contribution is -0.137. The fraction of sp³-hybridized carbons (Fsp3) is 0.353. The van der Waals surface area contributed by atoms with Gasteiger partial charge in [-0.3, -0.25) is 4.79 Å². The van der Waals surface area contributed by atoms with Gasteiger partial charge < -0.3 is 10.6 Å². The Morgan fingerprint density at radius 3 is 2.75 bits per heavy atom. The largest absolute Gasteiger partial charge is 0.334 e. The Hall–Kier alpha value is -1.87. The van der Waals surface area contributed by atoms with E-state index in [9.17, 15) is 4.79 Å². The molecular weight excluding hydrogens is 248 g/mol. The Balaban J connectivity index is 2.14. The molecule has 2 unspecified atom stereocenters. The zero-order chi connectivity index (χ0) is 14.1. The van der Waals surface area contributed by atoms with Crippen molar-refractivity contribution in [3.63, 3.8) is 0 Å². The van der Waals surface area contributed by atoms with Crippen LogP contribution in [0.5, 0.6) is 0 Å². The molecule has 2 N–H and O–H groups in total. The van der Waals surface area contributed by atoms with Crippen LogP contribution in [0.1, 0.15) is 31.4 Å². The van der Waals surface area contributed by atoms with Crippen molar-refractivity contribution in [1.82, 2.24) is 4.90 Å². The number of nitrogens with zero attached hydrogens (tertiary/aromatic N) is 1. The van der Waals surface area contributed by atoms with Gasteiger partial charge in [-0.05, 0) is 29.7 Å². The number of rotatable bonds is 2. The Morgan fingerprint density at radius 1 is 1.20 bits per heavy atom. The number of likely N-dealkylation sites (tertiary alicyclic amines) is 1. The first-order chi connectivity index (χ1) is 9.72. The van der Waals surface area contributed by atoms with Crippen LogP contribution in [0.2, 0.25) is 0 Å². The molecule has 2 atom stereocenters. The van der Waals surface area contributed by atoms with Crippen LogP contribution in [0.4, 0.5) is 0 Å². The highest BCUT2D eigenvalue weighted by molar-refractivity contribution is 5.87. The number of hydrogen-bond donors (Lipinski definition) is 1. The first kappa shape index (κ1) is 13.1. The molecular formula is C17H20N2O. The fourth-order valence-corrected chi connectivity index (χ4v) is 3.26. The van der Waals surface area contributed by atoms with E-state index in [1.165, 1.54) is 16.3 Å². The SMILES string of the molecule is CCN1C(=O)CCC(N)C1c1cccc2ccccc12. The van der Waals surface area contributed by atoms with Crippen LogP contribution in [0.25, 0.3) is 10.8 Å². The minimum Gasteiger partial charge on any atom is -0.334 e. The molecule has 1 fully saturated rings. The maximum atomic E-state index is 12.2. The van der Waals surface area contributed by atoms with Crippen molar-refractivity contribution in [3.8, 4) is 0 Å². The second-order valence-electron chi connectivity index (χ2n) is 5.40. The highest BCUT2D eigenvalue weighted by Gasteiger charge is 2.34. The van der Waals surface area contributed by atoms with Crippen LogP contribution in [-0.2, 0) is 4.79 Å². The molecule has 2 aromatic rings. The van der Waals surface area contributed by atoms with E-state index in [4.69, 9.17) is 5.73 Å². The van der Waals surface area contributed by atoms with Crippen LogP contribution >= 0.6 is 0 Å². The van der Waals surface area contributed by atoms with Crippen LogP contribution in [0.3, 0.4) is 0 Å². The van der Waals surface area contributed by atoms with Crippen LogP contribution in [0, 0.1) is 0 Å². The normalized spacial score (nSPS) is 23.3. The smallest absolute Gasteiger partial charge is 0.223 e. The predicted octanol–water partition coefficient (Wildman–Crippen LogP) is 2.85. The number of likely N-dealkylation sites (N-methyl/N-ethyl adjacent to an activating group) is 1. The molecule has 0 radical (unpaired) electrons. The van der Waals surface area contributed by atoms with Gasteiger partial charge in [0, 0.05) is 19.0 Å². The van der Waals surface area contributed by atoms with Gasteiger partial charge in [-0.1, -0.05) is 42.5 Å². The van der Waals surface area contributed by atoms with Gasteiger partial charge in [0.15, 0.2) is 0 Å². The molecule has 20 heavy (non-hydrogen) atoms. The van der Waals surface area contributed by atoms with E-state index in [-0.39, 0.29) is 18.0 Å². The van der Waals surface area contributed by atoms with Crippen molar-refractivity contribution < 1.29 is 4.79 Å². The molecule has 1 amide bonds. The van der Waals surface area contributed by atoms with Gasteiger partial charge in [-0.15, -0.1) is 0 Å². The third kappa shape index (κ3) is 2.08. The van der Waals surface area contributed by atoms with Gasteiger partial charge in [0.2, 0.25) is 5.91 Å². The number of amides is 1. The van der Waals surface area contributed by atoms with E-state index < -0.39 is 0 Å². The summed E-state index contributed by atoms with van der Waals surface area (Å²) in [5, 5.41) is 2.40. The van der Waals surface area contributed by atoms with E-state index >= 15 is 0 Å². The number of fused-ring (bicyclic) bond motifs is 1. The van der Waals surface area contributed by atoms with Crippen LogP contribution in [0.15, 0.2) is 42.5 Å². The Kier molecular flexibility index (Phi) is 3.45. The standard InChI is InChI=1S/C17H20N2O/c1-2-19-16(20)11-10-15(18)17(19)14-9-5-7-12-6-3-4-8-13(12)14/h3-9,15,17H,2,10-11,18H2,1H3. The molecule has 0 aliphatic carbocycles. The van der Waals surface area contributed by atoms with Crippen LogP contribution < -0.4 is 5.73 Å². The van der Waals surface area contributed by atoms with Crippen molar-refractivity contribution in [2.45, 2.75) is 31.8 Å². The monoisotopic (exact) mass is 268 g/mol. The number of hydrogen-bond acceptors (Lipinski definition) is 2. The van der Waals surface area contributed by atoms with Crippen molar-refractivity contribution in [1.29, 1.82) is 0 Å². The summed E-state index contributed by atoms with van der Waals surface area (Å²) in [5.41, 5.74) is 7.51. The summed E-state index contributed by atoms with van der Waals surface area (Å²) >= 11 is 0. The number of carbonyl (C=O) groups excluding carboxylic acids is 1. The Labute approximate surface area is 119 Å². The fourth-order valence-electron chi connectivity index (χ4n) is 3.26. The minimum atomic E-state index is -0.00708. The van der Waals surface area contributed by atoms with Crippen LogP contribution in [-0.4, -0.2) is 23.4 Å². The van der Waals surface area contributed by atoms with Gasteiger partial charge in [0.25, 0.3) is 0 Å². The predicted molar refractivity (Wildman–Crippen MR) is 81.3 cm³/mol. The lowest BCUT2D eigenvalue weighted by atomic mass is 9.88. The Bertz CT molecular complexity index is 632. The molecule has 3 rings (SSSR count). The van der Waals surface area contributed by atoms with E-state index in [1.54, 1.807) is 0 Å². The molecule has 0 bridgehead atoms. The summed E-state index contributed by atoms with van der Waals surface area (Å²) in [6.45, 7) is 2.73. The van der Waals surface area contributed by atoms with Crippen molar-refractivity contribution in [2.75, 3.05) is 6.54 Å². The summed E-state index contributed by atoms with van der Waals surface area (Å²) in [5.74, 6) is 0.215. The highest BCUT2D eigenvalue weighted by Crippen LogP contribution is 2.34. The number of carbonyl (C=O) groups is 1. The minimum absolute atomic E-state index is 0.00708. The maximum absolute atomic E-state index is 12.2. The summed E-state index contributed by atoms with van der Waals surface area (Å²) < 4.78 is 0. The molecule has 1 aliphatic rings. The number of piperidine rings is 1. The molecule has 2 aromatic carbocycles. The number of benzene rings is 2. The summed E-state index contributed by atoms with van der Waals surface area (Å²) in [7, 11) is 0. The quantitative estimate of drug-likeness (QED) is 0.910. The second-order valence-corrected chi connectivity index (χ2v) is 5.40. The van der Waals surface area contributed by atoms with E-state index in [2.05, 4.69) is 30.3 Å². The molecule has 1 aliphatic heterocycles. The topological polar surface area (TPSA) is 46.3 Å².